The van der Waals surface area contributed by atoms with E-state index in [2.05, 4.69) is 18.4 Å². The Balaban J connectivity index is 1.59. The minimum atomic E-state index is -0.283. The minimum Gasteiger partial charge on any atom is -0.330 e. The maximum absolute atomic E-state index is 13.7. The van der Waals surface area contributed by atoms with Crippen LogP contribution in [0.4, 0.5) is 4.39 Å². The van der Waals surface area contributed by atoms with Crippen LogP contribution in [0.15, 0.2) is 35.7 Å². The molecule has 0 spiro atoms. The van der Waals surface area contributed by atoms with Crippen LogP contribution in [-0.4, -0.2) is 40.7 Å². The molecule has 4 nitrogen and oxygen atoms in total. The number of halogens is 1. The van der Waals surface area contributed by atoms with Crippen LogP contribution in [0.2, 0.25) is 0 Å². The summed E-state index contributed by atoms with van der Waals surface area (Å²) in [6.45, 7) is 4.83. The van der Waals surface area contributed by atoms with E-state index in [1.54, 1.807) is 23.5 Å². The number of fused-ring (bicyclic) bond motifs is 1. The van der Waals surface area contributed by atoms with Gasteiger partial charge in [0.15, 0.2) is 0 Å². The van der Waals surface area contributed by atoms with E-state index < -0.39 is 0 Å². The highest BCUT2D eigenvalue weighted by Crippen LogP contribution is 2.38. The first-order valence-corrected chi connectivity index (χ1v) is 12.8. The van der Waals surface area contributed by atoms with E-state index in [1.165, 1.54) is 23.4 Å². The quantitative estimate of drug-likeness (QED) is 0.570. The molecule has 1 fully saturated rings. The van der Waals surface area contributed by atoms with Gasteiger partial charge in [-0.25, -0.2) is 4.39 Å². The molecule has 1 aromatic carbocycles. The van der Waals surface area contributed by atoms with Gasteiger partial charge in [0.1, 0.15) is 12.4 Å². The molecular weight excluding hydrogens is 423 g/mol. The molecule has 0 saturated heterocycles. The van der Waals surface area contributed by atoms with Crippen molar-refractivity contribution >= 4 is 23.2 Å². The monoisotopic (exact) mass is 456 g/mol. The number of nitrogens with zero attached hydrogens (tertiary/aromatic N) is 2. The molecule has 2 amide bonds. The average molecular weight is 457 g/mol. The summed E-state index contributed by atoms with van der Waals surface area (Å²) in [7, 11) is 0. The van der Waals surface area contributed by atoms with Crippen molar-refractivity contribution in [3.8, 4) is 0 Å². The summed E-state index contributed by atoms with van der Waals surface area (Å²) in [5.74, 6) is -0.128. The van der Waals surface area contributed by atoms with Crippen LogP contribution in [-0.2, 0) is 16.0 Å². The van der Waals surface area contributed by atoms with Crippen LogP contribution in [0.3, 0.4) is 0 Å². The Morgan fingerprint density at radius 1 is 1.16 bits per heavy atom. The van der Waals surface area contributed by atoms with Crippen molar-refractivity contribution in [3.05, 3.63) is 57.5 Å². The predicted molar refractivity (Wildman–Crippen MR) is 126 cm³/mol. The maximum Gasteiger partial charge on any atom is 0.243 e. The Labute approximate surface area is 194 Å². The lowest BCUT2D eigenvalue weighted by Crippen LogP contribution is -2.50. The average Bonchev–Trinajstić information content (AvgIpc) is 3.31. The number of rotatable bonds is 6. The SMILES string of the molecule is CCC(C)N(CC(=O)N1CCc2sccc2C1c1ccc(F)cc1)C(=O)C1CCCCC1. The fourth-order valence-corrected chi connectivity index (χ4v) is 5.99. The molecule has 2 aliphatic rings. The molecule has 1 saturated carbocycles. The molecule has 2 heterocycles. The second-order valence-corrected chi connectivity index (χ2v) is 10.1. The van der Waals surface area contributed by atoms with Gasteiger partial charge in [0, 0.05) is 23.4 Å². The van der Waals surface area contributed by atoms with Crippen LogP contribution >= 0.6 is 11.3 Å². The van der Waals surface area contributed by atoms with E-state index in [-0.39, 0.29) is 42.2 Å². The topological polar surface area (TPSA) is 40.6 Å². The van der Waals surface area contributed by atoms with Crippen molar-refractivity contribution in [1.82, 2.24) is 9.80 Å². The van der Waals surface area contributed by atoms with Crippen molar-refractivity contribution < 1.29 is 14.0 Å². The number of thiophene rings is 1. The van der Waals surface area contributed by atoms with Crippen LogP contribution in [0.5, 0.6) is 0 Å². The zero-order chi connectivity index (χ0) is 22.7. The fraction of sp³-hybridized carbons (Fsp3) is 0.538. The summed E-state index contributed by atoms with van der Waals surface area (Å²) in [6.07, 6.45) is 6.89. The molecule has 2 unspecified atom stereocenters. The molecule has 2 atom stereocenters. The molecule has 32 heavy (non-hydrogen) atoms. The lowest BCUT2D eigenvalue weighted by atomic mass is 9.88. The van der Waals surface area contributed by atoms with Gasteiger partial charge < -0.3 is 9.80 Å². The van der Waals surface area contributed by atoms with Crippen molar-refractivity contribution in [1.29, 1.82) is 0 Å². The maximum atomic E-state index is 13.7. The Hall–Kier alpha value is -2.21. The van der Waals surface area contributed by atoms with Crippen molar-refractivity contribution in [2.24, 2.45) is 5.92 Å². The molecular formula is C26H33FN2O2S. The smallest absolute Gasteiger partial charge is 0.243 e. The predicted octanol–water partition coefficient (Wildman–Crippen LogP) is 5.57. The van der Waals surface area contributed by atoms with E-state index in [9.17, 15) is 14.0 Å². The van der Waals surface area contributed by atoms with Crippen LogP contribution in [0, 0.1) is 11.7 Å². The molecule has 6 heteroatoms. The highest BCUT2D eigenvalue weighted by Gasteiger charge is 2.36. The summed E-state index contributed by atoms with van der Waals surface area (Å²) >= 11 is 1.71. The zero-order valence-electron chi connectivity index (χ0n) is 19.1. The molecule has 1 aliphatic heterocycles. The zero-order valence-corrected chi connectivity index (χ0v) is 19.9. The number of carbonyl (C=O) groups is 2. The first kappa shape index (κ1) is 23.0. The Kier molecular flexibility index (Phi) is 7.29. The highest BCUT2D eigenvalue weighted by molar-refractivity contribution is 7.10. The summed E-state index contributed by atoms with van der Waals surface area (Å²) in [5.41, 5.74) is 2.03. The van der Waals surface area contributed by atoms with Crippen LogP contribution < -0.4 is 0 Å². The minimum absolute atomic E-state index is 0.0270. The van der Waals surface area contributed by atoms with Gasteiger partial charge >= 0.3 is 0 Å². The molecule has 4 rings (SSSR count). The number of hydrogen-bond donors (Lipinski definition) is 0. The summed E-state index contributed by atoms with van der Waals surface area (Å²) in [5, 5.41) is 2.06. The van der Waals surface area contributed by atoms with Gasteiger partial charge in [0.05, 0.1) is 6.04 Å². The van der Waals surface area contributed by atoms with Gasteiger partial charge in [0.2, 0.25) is 11.8 Å². The molecule has 0 bridgehead atoms. The highest BCUT2D eigenvalue weighted by atomic mass is 32.1. The summed E-state index contributed by atoms with van der Waals surface area (Å²) in [4.78, 5) is 32.0. The largest absolute Gasteiger partial charge is 0.330 e. The Bertz CT molecular complexity index is 936. The van der Waals surface area contributed by atoms with Crippen molar-refractivity contribution in [2.45, 2.75) is 70.9 Å². The van der Waals surface area contributed by atoms with Gasteiger partial charge in [-0.05, 0) is 67.3 Å². The Morgan fingerprint density at radius 2 is 1.88 bits per heavy atom. The molecule has 172 valence electrons. The third kappa shape index (κ3) is 4.75. The lowest BCUT2D eigenvalue weighted by Gasteiger charge is -2.39. The van der Waals surface area contributed by atoms with E-state index in [4.69, 9.17) is 0 Å². The number of carbonyl (C=O) groups excluding carboxylic acids is 2. The lowest BCUT2D eigenvalue weighted by molar-refractivity contribution is -0.146. The van der Waals surface area contributed by atoms with Crippen molar-refractivity contribution in [2.75, 3.05) is 13.1 Å². The third-order valence-corrected chi connectivity index (χ3v) is 8.13. The summed E-state index contributed by atoms with van der Waals surface area (Å²) in [6, 6.07) is 8.32. The third-order valence-electron chi connectivity index (χ3n) is 7.14. The molecule has 1 aromatic heterocycles. The van der Waals surface area contributed by atoms with E-state index >= 15 is 0 Å². The van der Waals surface area contributed by atoms with Gasteiger partial charge in [-0.2, -0.15) is 0 Å². The van der Waals surface area contributed by atoms with Gasteiger partial charge in [-0.3, -0.25) is 9.59 Å². The normalized spacial score (nSPS) is 20.0. The molecule has 2 aromatic rings. The number of hydrogen-bond acceptors (Lipinski definition) is 3. The number of amides is 2. The van der Waals surface area contributed by atoms with Gasteiger partial charge in [-0.1, -0.05) is 38.3 Å². The number of benzene rings is 1. The van der Waals surface area contributed by atoms with E-state index in [0.29, 0.717) is 6.54 Å². The first-order chi connectivity index (χ1) is 15.5. The molecule has 0 N–H and O–H groups in total. The molecule has 0 radical (unpaired) electrons. The second kappa shape index (κ2) is 10.2. The fourth-order valence-electron chi connectivity index (χ4n) is 5.08. The molecule has 1 aliphatic carbocycles. The van der Waals surface area contributed by atoms with Crippen molar-refractivity contribution in [3.63, 3.8) is 0 Å². The summed E-state index contributed by atoms with van der Waals surface area (Å²) < 4.78 is 13.6. The first-order valence-electron chi connectivity index (χ1n) is 11.9. The second-order valence-electron chi connectivity index (χ2n) is 9.15. The standard InChI is InChI=1S/C26H33FN2O2S/c1-3-18(2)29(26(31)20-7-5-4-6-8-20)17-24(30)28-15-13-23-22(14-16-32-23)25(28)19-9-11-21(27)12-10-19/h9-12,14,16,18,20,25H,3-8,13,15,17H2,1-2H3. The van der Waals surface area contributed by atoms with Crippen LogP contribution in [0.25, 0.3) is 0 Å². The van der Waals surface area contributed by atoms with Crippen LogP contribution in [0.1, 0.15) is 74.4 Å². The van der Waals surface area contributed by atoms with E-state index in [1.807, 2.05) is 16.7 Å². The van der Waals surface area contributed by atoms with Gasteiger partial charge in [0.25, 0.3) is 0 Å². The Morgan fingerprint density at radius 3 is 2.56 bits per heavy atom. The van der Waals surface area contributed by atoms with E-state index in [0.717, 1.165) is 49.7 Å². The van der Waals surface area contributed by atoms with Gasteiger partial charge in [-0.15, -0.1) is 11.3 Å².